The number of hydrogen-bond acceptors (Lipinski definition) is 2. The molecule has 1 saturated heterocycles. The molecule has 22 heavy (non-hydrogen) atoms. The topological polar surface area (TPSA) is 49.4 Å². The third-order valence-electron chi connectivity index (χ3n) is 4.24. The van der Waals surface area contributed by atoms with Crippen LogP contribution < -0.4 is 5.32 Å². The van der Waals surface area contributed by atoms with Crippen molar-refractivity contribution < 1.29 is 14.0 Å². The number of rotatable bonds is 3. The zero-order valence-corrected chi connectivity index (χ0v) is 12.9. The van der Waals surface area contributed by atoms with E-state index >= 15 is 0 Å². The van der Waals surface area contributed by atoms with E-state index in [9.17, 15) is 14.0 Å². The molecular weight excluding hydrogens is 307 g/mol. The number of carbonyl (C=O) groups excluding carboxylic acids is 2. The largest absolute Gasteiger partial charge is 0.353 e. The first-order valence-electron chi connectivity index (χ1n) is 7.59. The zero-order chi connectivity index (χ0) is 15.7. The summed E-state index contributed by atoms with van der Waals surface area (Å²) < 4.78 is 13.0. The average Bonchev–Trinajstić information content (AvgIpc) is 3.32. The monoisotopic (exact) mass is 324 g/mol. The maximum Gasteiger partial charge on any atom is 0.255 e. The second kappa shape index (κ2) is 6.24. The van der Waals surface area contributed by atoms with Crippen LogP contribution in [0.4, 0.5) is 4.39 Å². The molecule has 1 aliphatic carbocycles. The Labute approximate surface area is 133 Å². The standard InChI is InChI=1S/C16H18ClFN2O2/c17-14-9-11(18)3-4-13(14)16(22)20-7-5-12(6-8-20)19-15(21)10-1-2-10/h3-4,9-10,12H,1-2,5-8H2,(H,19,21). The molecule has 4 nitrogen and oxygen atoms in total. The van der Waals surface area contributed by atoms with Crippen LogP contribution in [-0.4, -0.2) is 35.8 Å². The summed E-state index contributed by atoms with van der Waals surface area (Å²) in [6.07, 6.45) is 3.46. The molecule has 0 unspecified atom stereocenters. The summed E-state index contributed by atoms with van der Waals surface area (Å²) >= 11 is 5.94. The van der Waals surface area contributed by atoms with E-state index in [1.54, 1.807) is 4.90 Å². The van der Waals surface area contributed by atoms with Gasteiger partial charge in [0, 0.05) is 25.0 Å². The summed E-state index contributed by atoms with van der Waals surface area (Å²) in [6, 6.07) is 3.95. The van der Waals surface area contributed by atoms with Crippen LogP contribution in [0.1, 0.15) is 36.0 Å². The Morgan fingerprint density at radius 3 is 2.45 bits per heavy atom. The van der Waals surface area contributed by atoms with Crippen molar-refractivity contribution in [1.29, 1.82) is 0 Å². The summed E-state index contributed by atoms with van der Waals surface area (Å²) in [5, 5.41) is 3.18. The van der Waals surface area contributed by atoms with E-state index in [4.69, 9.17) is 11.6 Å². The number of hydrogen-bond donors (Lipinski definition) is 1. The molecule has 1 heterocycles. The predicted molar refractivity (Wildman–Crippen MR) is 81.2 cm³/mol. The average molecular weight is 325 g/mol. The minimum Gasteiger partial charge on any atom is -0.353 e. The van der Waals surface area contributed by atoms with Gasteiger partial charge in [-0.2, -0.15) is 0 Å². The highest BCUT2D eigenvalue weighted by Crippen LogP contribution is 2.29. The smallest absolute Gasteiger partial charge is 0.255 e. The lowest BCUT2D eigenvalue weighted by molar-refractivity contribution is -0.123. The number of benzene rings is 1. The van der Waals surface area contributed by atoms with Gasteiger partial charge in [-0.25, -0.2) is 4.39 Å². The summed E-state index contributed by atoms with van der Waals surface area (Å²) in [7, 11) is 0. The van der Waals surface area contributed by atoms with Gasteiger partial charge in [0.15, 0.2) is 0 Å². The summed E-state index contributed by atoms with van der Waals surface area (Å²) in [4.78, 5) is 25.9. The van der Waals surface area contributed by atoms with Gasteiger partial charge >= 0.3 is 0 Å². The maximum absolute atomic E-state index is 13.0. The molecule has 2 aliphatic rings. The van der Waals surface area contributed by atoms with Crippen molar-refractivity contribution >= 4 is 23.4 Å². The van der Waals surface area contributed by atoms with Crippen molar-refractivity contribution in [3.63, 3.8) is 0 Å². The van der Waals surface area contributed by atoms with E-state index in [0.29, 0.717) is 18.7 Å². The van der Waals surface area contributed by atoms with Crippen LogP contribution in [0, 0.1) is 11.7 Å². The molecule has 0 aromatic heterocycles. The van der Waals surface area contributed by atoms with Gasteiger partial charge in [0.1, 0.15) is 5.82 Å². The normalized spacial score (nSPS) is 19.1. The van der Waals surface area contributed by atoms with Crippen LogP contribution >= 0.6 is 11.6 Å². The van der Waals surface area contributed by atoms with Gasteiger partial charge in [-0.15, -0.1) is 0 Å². The third-order valence-corrected chi connectivity index (χ3v) is 4.55. The SMILES string of the molecule is O=C(NC1CCN(C(=O)c2ccc(F)cc2Cl)CC1)C1CC1. The summed E-state index contributed by atoms with van der Waals surface area (Å²) in [5.74, 6) is -0.288. The fourth-order valence-corrected chi connectivity index (χ4v) is 2.97. The highest BCUT2D eigenvalue weighted by Gasteiger charge is 2.32. The Morgan fingerprint density at radius 2 is 1.86 bits per heavy atom. The molecule has 0 bridgehead atoms. The molecule has 1 aliphatic heterocycles. The van der Waals surface area contributed by atoms with Crippen LogP contribution in [0.2, 0.25) is 5.02 Å². The molecule has 2 fully saturated rings. The number of carbonyl (C=O) groups is 2. The van der Waals surface area contributed by atoms with Crippen molar-refractivity contribution in [2.45, 2.75) is 31.7 Å². The summed E-state index contributed by atoms with van der Waals surface area (Å²) in [5.41, 5.74) is 0.323. The highest BCUT2D eigenvalue weighted by molar-refractivity contribution is 6.33. The lowest BCUT2D eigenvalue weighted by Crippen LogP contribution is -2.47. The number of amides is 2. The van der Waals surface area contributed by atoms with Crippen LogP contribution in [0.25, 0.3) is 0 Å². The Morgan fingerprint density at radius 1 is 1.18 bits per heavy atom. The predicted octanol–water partition coefficient (Wildman–Crippen LogP) is 2.61. The molecule has 6 heteroatoms. The second-order valence-corrected chi connectivity index (χ2v) is 6.38. The van der Waals surface area contributed by atoms with E-state index in [-0.39, 0.29) is 28.8 Å². The van der Waals surface area contributed by atoms with Crippen molar-refractivity contribution in [2.24, 2.45) is 5.92 Å². The molecule has 118 valence electrons. The van der Waals surface area contributed by atoms with Crippen LogP contribution in [0.3, 0.4) is 0 Å². The van der Waals surface area contributed by atoms with E-state index in [0.717, 1.165) is 31.7 Å². The highest BCUT2D eigenvalue weighted by atomic mass is 35.5. The maximum atomic E-state index is 13.0. The van der Waals surface area contributed by atoms with Gasteiger partial charge in [0.2, 0.25) is 5.91 Å². The minimum absolute atomic E-state index is 0.133. The fourth-order valence-electron chi connectivity index (χ4n) is 2.72. The number of nitrogens with zero attached hydrogens (tertiary/aromatic N) is 1. The van der Waals surface area contributed by atoms with Gasteiger partial charge in [-0.05, 0) is 43.9 Å². The number of halogens is 2. The quantitative estimate of drug-likeness (QED) is 0.929. The van der Waals surface area contributed by atoms with Crippen LogP contribution in [0.5, 0.6) is 0 Å². The van der Waals surface area contributed by atoms with Crippen molar-refractivity contribution in [1.82, 2.24) is 10.2 Å². The fraction of sp³-hybridized carbons (Fsp3) is 0.500. The second-order valence-electron chi connectivity index (χ2n) is 5.97. The van der Waals surface area contributed by atoms with E-state index in [1.807, 2.05) is 0 Å². The molecule has 1 aromatic carbocycles. The number of likely N-dealkylation sites (tertiary alicyclic amines) is 1. The number of nitrogens with one attached hydrogen (secondary N) is 1. The molecule has 2 amide bonds. The Bertz CT molecular complexity index is 596. The Balaban J connectivity index is 1.56. The van der Waals surface area contributed by atoms with Crippen molar-refractivity contribution in [3.8, 4) is 0 Å². The molecule has 0 spiro atoms. The van der Waals surface area contributed by atoms with Gasteiger partial charge in [-0.1, -0.05) is 11.6 Å². The Hall–Kier alpha value is -1.62. The number of piperidine rings is 1. The van der Waals surface area contributed by atoms with Gasteiger partial charge < -0.3 is 10.2 Å². The van der Waals surface area contributed by atoms with Gasteiger partial charge in [0.25, 0.3) is 5.91 Å². The molecular formula is C16H18ClFN2O2. The van der Waals surface area contributed by atoms with E-state index in [1.165, 1.54) is 12.1 Å². The minimum atomic E-state index is -0.456. The lowest BCUT2D eigenvalue weighted by atomic mass is 10.0. The zero-order valence-electron chi connectivity index (χ0n) is 12.1. The first kappa shape index (κ1) is 15.3. The van der Waals surface area contributed by atoms with E-state index < -0.39 is 5.82 Å². The van der Waals surface area contributed by atoms with Crippen molar-refractivity contribution in [2.75, 3.05) is 13.1 Å². The van der Waals surface area contributed by atoms with Crippen LogP contribution in [0.15, 0.2) is 18.2 Å². The van der Waals surface area contributed by atoms with E-state index in [2.05, 4.69) is 5.32 Å². The molecule has 3 rings (SSSR count). The van der Waals surface area contributed by atoms with Gasteiger partial charge in [0.05, 0.1) is 10.6 Å². The molecule has 1 N–H and O–H groups in total. The van der Waals surface area contributed by atoms with Gasteiger partial charge in [-0.3, -0.25) is 9.59 Å². The first-order chi connectivity index (χ1) is 10.5. The van der Waals surface area contributed by atoms with Crippen molar-refractivity contribution in [3.05, 3.63) is 34.6 Å². The molecule has 1 saturated carbocycles. The first-order valence-corrected chi connectivity index (χ1v) is 7.97. The van der Waals surface area contributed by atoms with Crippen LogP contribution in [-0.2, 0) is 4.79 Å². The molecule has 0 atom stereocenters. The lowest BCUT2D eigenvalue weighted by Gasteiger charge is -2.32. The molecule has 1 aromatic rings. The molecule has 0 radical (unpaired) electrons. The Kier molecular flexibility index (Phi) is 4.34. The third kappa shape index (κ3) is 3.40. The summed E-state index contributed by atoms with van der Waals surface area (Å²) in [6.45, 7) is 1.14.